The molecule has 0 bridgehead atoms. The number of hydrogen-bond donors (Lipinski definition) is 0. The van der Waals surface area contributed by atoms with Gasteiger partial charge in [0.05, 0.1) is 5.02 Å². The fourth-order valence-electron chi connectivity index (χ4n) is 2.43. The Labute approximate surface area is 139 Å². The molecule has 0 saturated carbocycles. The molecule has 0 aromatic heterocycles. The number of benzene rings is 2. The molecule has 0 amide bonds. The van der Waals surface area contributed by atoms with Crippen molar-refractivity contribution in [2.24, 2.45) is 4.99 Å². The van der Waals surface area contributed by atoms with E-state index >= 15 is 0 Å². The van der Waals surface area contributed by atoms with E-state index in [0.717, 1.165) is 12.1 Å². The van der Waals surface area contributed by atoms with Crippen LogP contribution in [0.2, 0.25) is 5.02 Å². The number of Topliss-reactive ketones (excluding diaryl/α,β-unsaturated/α-hetero) is 1. The highest BCUT2D eigenvalue weighted by molar-refractivity contribution is 6.66. The van der Waals surface area contributed by atoms with Crippen molar-refractivity contribution < 1.29 is 18.0 Å². The second kappa shape index (κ2) is 5.98. The first-order chi connectivity index (χ1) is 10.9. The highest BCUT2D eigenvalue weighted by Crippen LogP contribution is 2.35. The van der Waals surface area contributed by atoms with Gasteiger partial charge in [0.15, 0.2) is 17.4 Å². The SMILES string of the molecule is O=C(Cc1ccc(F)c(Cl)c1)c1cc(F)c(F)c2c1CC(Cl)=N2. The quantitative estimate of drug-likeness (QED) is 0.710. The van der Waals surface area contributed by atoms with E-state index in [9.17, 15) is 18.0 Å². The second-order valence-corrected chi connectivity index (χ2v) is 5.90. The van der Waals surface area contributed by atoms with Crippen molar-refractivity contribution >= 4 is 39.8 Å². The predicted octanol–water partition coefficient (Wildman–Crippen LogP) is 5.01. The average molecular weight is 358 g/mol. The Balaban J connectivity index is 1.97. The monoisotopic (exact) mass is 357 g/mol. The van der Waals surface area contributed by atoms with Gasteiger partial charge in [-0.1, -0.05) is 29.3 Å². The van der Waals surface area contributed by atoms with Gasteiger partial charge < -0.3 is 0 Å². The first-order valence-corrected chi connectivity index (χ1v) is 7.33. The Hall–Kier alpha value is -1.85. The molecule has 2 aromatic rings. The molecule has 118 valence electrons. The van der Waals surface area contributed by atoms with E-state index in [2.05, 4.69) is 4.99 Å². The summed E-state index contributed by atoms with van der Waals surface area (Å²) in [5, 5.41) is -0.0273. The van der Waals surface area contributed by atoms with Crippen LogP contribution in [0.3, 0.4) is 0 Å². The third kappa shape index (κ3) is 2.99. The van der Waals surface area contributed by atoms with Crippen molar-refractivity contribution in [2.45, 2.75) is 12.8 Å². The number of rotatable bonds is 3. The largest absolute Gasteiger partial charge is 0.294 e. The number of ketones is 1. The molecule has 0 atom stereocenters. The van der Waals surface area contributed by atoms with E-state index in [4.69, 9.17) is 23.2 Å². The van der Waals surface area contributed by atoms with Crippen molar-refractivity contribution in [3.8, 4) is 0 Å². The van der Waals surface area contributed by atoms with Gasteiger partial charge in [-0.2, -0.15) is 0 Å². The van der Waals surface area contributed by atoms with Crippen LogP contribution in [0.1, 0.15) is 21.5 Å². The van der Waals surface area contributed by atoms with E-state index in [1.165, 1.54) is 12.1 Å². The number of halogens is 5. The normalized spacial score (nSPS) is 13.0. The van der Waals surface area contributed by atoms with E-state index in [1.807, 2.05) is 0 Å². The predicted molar refractivity (Wildman–Crippen MR) is 82.5 cm³/mol. The van der Waals surface area contributed by atoms with E-state index in [-0.39, 0.29) is 39.8 Å². The molecule has 0 saturated heterocycles. The Kier molecular flexibility index (Phi) is 4.17. The number of nitrogens with zero attached hydrogens (tertiary/aromatic N) is 1. The smallest absolute Gasteiger partial charge is 0.184 e. The van der Waals surface area contributed by atoms with Crippen LogP contribution in [-0.2, 0) is 12.8 Å². The number of carbonyl (C=O) groups excluding carboxylic acids is 1. The molecule has 1 heterocycles. The lowest BCUT2D eigenvalue weighted by Gasteiger charge is -2.09. The van der Waals surface area contributed by atoms with Crippen molar-refractivity contribution in [1.82, 2.24) is 0 Å². The zero-order chi connectivity index (χ0) is 16.7. The molecule has 0 spiro atoms. The molecule has 23 heavy (non-hydrogen) atoms. The number of aliphatic imine (C=N–C) groups is 1. The minimum atomic E-state index is -1.17. The number of carbonyl (C=O) groups is 1. The maximum atomic E-state index is 13.7. The lowest BCUT2D eigenvalue weighted by atomic mass is 9.96. The van der Waals surface area contributed by atoms with Gasteiger partial charge in [-0.05, 0) is 29.3 Å². The lowest BCUT2D eigenvalue weighted by Crippen LogP contribution is -2.09. The van der Waals surface area contributed by atoms with Crippen LogP contribution in [0, 0.1) is 17.5 Å². The van der Waals surface area contributed by atoms with Gasteiger partial charge >= 0.3 is 0 Å². The van der Waals surface area contributed by atoms with Crippen LogP contribution >= 0.6 is 23.2 Å². The molecular weight excluding hydrogens is 350 g/mol. The number of hydrogen-bond acceptors (Lipinski definition) is 2. The van der Waals surface area contributed by atoms with Crippen molar-refractivity contribution in [3.05, 3.63) is 63.4 Å². The summed E-state index contributed by atoms with van der Waals surface area (Å²) < 4.78 is 40.5. The van der Waals surface area contributed by atoms with E-state index in [1.54, 1.807) is 0 Å². The molecule has 7 heteroatoms. The van der Waals surface area contributed by atoms with Crippen molar-refractivity contribution in [3.63, 3.8) is 0 Å². The Morgan fingerprint density at radius 3 is 2.57 bits per heavy atom. The fraction of sp³-hybridized carbons (Fsp3) is 0.125. The molecule has 0 aliphatic carbocycles. The van der Waals surface area contributed by atoms with E-state index < -0.39 is 23.2 Å². The molecule has 0 N–H and O–H groups in total. The number of fused-ring (bicyclic) bond motifs is 1. The van der Waals surface area contributed by atoms with Crippen molar-refractivity contribution in [2.75, 3.05) is 0 Å². The summed E-state index contributed by atoms with van der Waals surface area (Å²) in [7, 11) is 0. The van der Waals surface area contributed by atoms with Crippen molar-refractivity contribution in [1.29, 1.82) is 0 Å². The van der Waals surface area contributed by atoms with E-state index in [0.29, 0.717) is 5.56 Å². The van der Waals surface area contributed by atoms with Crippen LogP contribution in [0.5, 0.6) is 0 Å². The summed E-state index contributed by atoms with van der Waals surface area (Å²) in [5.41, 5.74) is 0.492. The standard InChI is InChI=1S/C16H8Cl2F3NO/c17-10-3-7(1-2-11(10)19)4-13(23)8-5-12(20)15(21)16-9(8)6-14(18)22-16/h1-3,5H,4,6H2. The van der Waals surface area contributed by atoms with Crippen LogP contribution in [-0.4, -0.2) is 11.0 Å². The first-order valence-electron chi connectivity index (χ1n) is 6.58. The topological polar surface area (TPSA) is 29.4 Å². The van der Waals surface area contributed by atoms with Gasteiger partial charge in [-0.3, -0.25) is 4.79 Å². The highest BCUT2D eigenvalue weighted by atomic mass is 35.5. The van der Waals surface area contributed by atoms with Gasteiger partial charge in [0.2, 0.25) is 0 Å². The summed E-state index contributed by atoms with van der Waals surface area (Å²) in [5.74, 6) is -3.35. The maximum absolute atomic E-state index is 13.7. The maximum Gasteiger partial charge on any atom is 0.184 e. The third-order valence-corrected chi connectivity index (χ3v) is 4.01. The highest BCUT2D eigenvalue weighted by Gasteiger charge is 2.26. The third-order valence-electron chi connectivity index (χ3n) is 3.50. The van der Waals surface area contributed by atoms with Gasteiger partial charge in [0.25, 0.3) is 0 Å². The molecular formula is C16H8Cl2F3NO. The van der Waals surface area contributed by atoms with Crippen LogP contribution in [0.15, 0.2) is 29.3 Å². The second-order valence-electron chi connectivity index (χ2n) is 5.06. The summed E-state index contributed by atoms with van der Waals surface area (Å²) in [6.45, 7) is 0. The first kappa shape index (κ1) is 16.0. The molecule has 2 aromatic carbocycles. The molecule has 1 aliphatic heterocycles. The summed E-state index contributed by atoms with van der Waals surface area (Å²) in [4.78, 5) is 16.2. The molecule has 2 nitrogen and oxygen atoms in total. The van der Waals surface area contributed by atoms with Gasteiger partial charge in [0.1, 0.15) is 16.7 Å². The molecule has 0 radical (unpaired) electrons. The fourth-order valence-corrected chi connectivity index (χ4v) is 2.85. The van der Waals surface area contributed by atoms with Crippen LogP contribution < -0.4 is 0 Å². The zero-order valence-corrected chi connectivity index (χ0v) is 13.0. The zero-order valence-electron chi connectivity index (χ0n) is 11.5. The summed E-state index contributed by atoms with van der Waals surface area (Å²) in [6, 6.07) is 4.70. The summed E-state index contributed by atoms with van der Waals surface area (Å²) >= 11 is 11.4. The van der Waals surface area contributed by atoms with Crippen LogP contribution in [0.4, 0.5) is 18.9 Å². The van der Waals surface area contributed by atoms with Gasteiger partial charge in [-0.25, -0.2) is 18.2 Å². The lowest BCUT2D eigenvalue weighted by molar-refractivity contribution is 0.0992. The minimum Gasteiger partial charge on any atom is -0.294 e. The minimum absolute atomic E-state index is 0.0127. The molecule has 3 rings (SSSR count). The van der Waals surface area contributed by atoms with Gasteiger partial charge in [0, 0.05) is 18.4 Å². The Morgan fingerprint density at radius 1 is 1.13 bits per heavy atom. The average Bonchev–Trinajstić information content (AvgIpc) is 2.88. The Morgan fingerprint density at radius 2 is 1.87 bits per heavy atom. The molecule has 0 fully saturated rings. The van der Waals surface area contributed by atoms with Gasteiger partial charge in [-0.15, -0.1) is 0 Å². The molecule has 0 unspecified atom stereocenters. The Bertz CT molecular complexity index is 865. The molecule has 1 aliphatic rings. The van der Waals surface area contributed by atoms with Crippen LogP contribution in [0.25, 0.3) is 0 Å². The summed E-state index contributed by atoms with van der Waals surface area (Å²) in [6.07, 6.45) is -0.0610.